The van der Waals surface area contributed by atoms with Gasteiger partial charge >= 0.3 is 0 Å². The molecule has 534 valence electrons. The number of thiophene rings is 1. The second kappa shape index (κ2) is 27.3. The summed E-state index contributed by atoms with van der Waals surface area (Å²) in [6.07, 6.45) is 0. The van der Waals surface area contributed by atoms with Gasteiger partial charge in [-0.15, -0.1) is 11.3 Å². The lowest BCUT2D eigenvalue weighted by Gasteiger charge is -2.35. The number of benzene rings is 18. The fraction of sp³-hybridized carbons (Fsp3) is 0.0182. The van der Waals surface area contributed by atoms with Crippen LogP contribution in [0.4, 0.5) is 34.1 Å². The second-order valence-corrected chi connectivity index (χ2v) is 31.1. The van der Waals surface area contributed by atoms with E-state index in [1.165, 1.54) is 98.1 Å². The number of nitrogens with zero attached hydrogens (tertiary/aromatic N) is 2. The topological polar surface area (TPSA) is 19.6 Å². The van der Waals surface area contributed by atoms with Crippen LogP contribution < -0.4 is 9.80 Å². The zero-order chi connectivity index (χ0) is 75.3. The summed E-state index contributed by atoms with van der Waals surface area (Å²) in [5.41, 5.74) is 32.6. The number of anilines is 6. The van der Waals surface area contributed by atoms with Crippen molar-refractivity contribution in [3.63, 3.8) is 0 Å². The Balaban J connectivity index is 0.684. The van der Waals surface area contributed by atoms with Crippen molar-refractivity contribution in [3.05, 3.63) is 481 Å². The van der Waals surface area contributed by atoms with Crippen molar-refractivity contribution in [3.8, 4) is 77.9 Å². The lowest BCUT2D eigenvalue weighted by atomic mass is 9.67. The molecule has 2 aromatic heterocycles. The van der Waals surface area contributed by atoms with Gasteiger partial charge in [0.25, 0.3) is 0 Å². The minimum absolute atomic E-state index is 0.590. The van der Waals surface area contributed by atoms with E-state index in [0.29, 0.717) is 0 Å². The maximum atomic E-state index is 7.26. The van der Waals surface area contributed by atoms with Crippen LogP contribution in [0.2, 0.25) is 0 Å². The molecule has 0 amide bonds. The Labute approximate surface area is 667 Å². The molecule has 0 saturated heterocycles. The van der Waals surface area contributed by atoms with Crippen LogP contribution in [0.1, 0.15) is 44.5 Å². The first kappa shape index (κ1) is 66.6. The third kappa shape index (κ3) is 10.6. The lowest BCUT2D eigenvalue weighted by Crippen LogP contribution is -2.29. The zero-order valence-corrected chi connectivity index (χ0v) is 63.1. The molecule has 0 spiro atoms. The number of fused-ring (bicyclic) bond motifs is 12. The first-order valence-corrected chi connectivity index (χ1v) is 40.1. The van der Waals surface area contributed by atoms with Gasteiger partial charge in [-0.3, -0.25) is 0 Å². The monoisotopic (exact) mass is 1470 g/mol. The predicted molar refractivity (Wildman–Crippen MR) is 478 cm³/mol. The average molecular weight is 1470 g/mol. The molecule has 18 aromatic carbocycles. The zero-order valence-electron chi connectivity index (χ0n) is 62.3. The Morgan fingerprint density at radius 3 is 1.11 bits per heavy atom. The molecule has 3 nitrogen and oxygen atoms in total. The maximum absolute atomic E-state index is 7.26. The van der Waals surface area contributed by atoms with Gasteiger partial charge in [0.2, 0.25) is 0 Å². The Morgan fingerprint density at radius 1 is 0.202 bits per heavy atom. The van der Waals surface area contributed by atoms with E-state index in [-0.39, 0.29) is 0 Å². The number of hydrogen-bond acceptors (Lipinski definition) is 4. The van der Waals surface area contributed by atoms with Crippen molar-refractivity contribution in [1.82, 2.24) is 0 Å². The van der Waals surface area contributed by atoms with Gasteiger partial charge in [-0.1, -0.05) is 340 Å². The fourth-order valence-electron chi connectivity index (χ4n) is 19.0. The van der Waals surface area contributed by atoms with E-state index in [4.69, 9.17) is 4.42 Å². The summed E-state index contributed by atoms with van der Waals surface area (Å²) < 4.78 is 9.84. The molecule has 0 aliphatic heterocycles. The van der Waals surface area contributed by atoms with Crippen molar-refractivity contribution in [2.45, 2.75) is 10.8 Å². The van der Waals surface area contributed by atoms with Crippen LogP contribution in [0, 0.1) is 0 Å². The molecule has 0 bridgehead atoms. The van der Waals surface area contributed by atoms with Crippen LogP contribution in [0.3, 0.4) is 0 Å². The minimum atomic E-state index is -0.758. The highest BCUT2D eigenvalue weighted by Crippen LogP contribution is 2.61. The quantitative estimate of drug-likeness (QED) is 0.102. The van der Waals surface area contributed by atoms with E-state index in [9.17, 15) is 0 Å². The van der Waals surface area contributed by atoms with E-state index in [1.54, 1.807) is 0 Å². The summed E-state index contributed by atoms with van der Waals surface area (Å²) in [6.45, 7) is 0. The van der Waals surface area contributed by atoms with E-state index in [0.717, 1.165) is 101 Å². The minimum Gasteiger partial charge on any atom is -0.455 e. The van der Waals surface area contributed by atoms with Gasteiger partial charge in [0, 0.05) is 70.4 Å². The molecule has 0 N–H and O–H groups in total. The van der Waals surface area contributed by atoms with E-state index in [2.05, 4.69) is 447 Å². The smallest absolute Gasteiger partial charge is 0.143 e. The maximum Gasteiger partial charge on any atom is 0.143 e. The van der Waals surface area contributed by atoms with Crippen molar-refractivity contribution in [1.29, 1.82) is 0 Å². The molecule has 2 aliphatic rings. The molecule has 1 atom stereocenters. The fourth-order valence-corrected chi connectivity index (χ4v) is 20.1. The van der Waals surface area contributed by atoms with Gasteiger partial charge in [-0.05, 0) is 203 Å². The predicted octanol–water partition coefficient (Wildman–Crippen LogP) is 30.0. The second-order valence-electron chi connectivity index (χ2n) is 30.1. The first-order valence-electron chi connectivity index (χ1n) is 39.3. The SMILES string of the molecule is c1ccc(-c2ccc(N(c3ccc4c(c3)C(c3ccccc3)(c3ccccc3)c3ccccc3-4)c3ccccc3-c3ccc4oc5c(-c6cccc(C7(c8ccccc8)c8ccccc8-c8ccc(N(c9ccc(-c%10ccccc%10)cc9)c9ccccc9-c9ccc%10sc%11ccccc%11c%10c9)cc87)c6)cccc5c4c3)cc2)cc1. The number of rotatable bonds is 15. The molecular weight excluding hydrogens is 1400 g/mol. The number of para-hydroxylation sites is 3. The molecule has 4 heteroatoms. The van der Waals surface area contributed by atoms with E-state index >= 15 is 0 Å². The Morgan fingerprint density at radius 2 is 0.561 bits per heavy atom. The highest BCUT2D eigenvalue weighted by molar-refractivity contribution is 7.25. The number of hydrogen-bond donors (Lipinski definition) is 0. The molecule has 114 heavy (non-hydrogen) atoms. The van der Waals surface area contributed by atoms with Crippen LogP contribution >= 0.6 is 11.3 Å². The van der Waals surface area contributed by atoms with Crippen molar-refractivity contribution in [2.24, 2.45) is 0 Å². The molecule has 2 aliphatic carbocycles. The molecule has 0 saturated carbocycles. The molecule has 0 radical (unpaired) electrons. The summed E-state index contributed by atoms with van der Waals surface area (Å²) in [7, 11) is 0. The van der Waals surface area contributed by atoms with Gasteiger partial charge in [0.15, 0.2) is 0 Å². The van der Waals surface area contributed by atoms with Crippen molar-refractivity contribution >= 4 is 87.6 Å². The largest absolute Gasteiger partial charge is 0.455 e. The Bertz CT molecular complexity index is 7050. The van der Waals surface area contributed by atoms with Gasteiger partial charge < -0.3 is 14.2 Å². The van der Waals surface area contributed by atoms with Crippen LogP contribution in [0.5, 0.6) is 0 Å². The molecule has 22 rings (SSSR count). The van der Waals surface area contributed by atoms with Gasteiger partial charge in [0.1, 0.15) is 11.2 Å². The summed E-state index contributed by atoms with van der Waals surface area (Å²) in [4.78, 5) is 4.95. The summed E-state index contributed by atoms with van der Waals surface area (Å²) in [5.74, 6) is 0. The van der Waals surface area contributed by atoms with Crippen molar-refractivity contribution < 1.29 is 4.42 Å². The molecule has 1 unspecified atom stereocenters. The average Bonchev–Trinajstić information content (AvgIpc) is 1.53. The van der Waals surface area contributed by atoms with Gasteiger partial charge in [0.05, 0.1) is 22.2 Å². The van der Waals surface area contributed by atoms with Crippen LogP contribution in [-0.2, 0) is 10.8 Å². The van der Waals surface area contributed by atoms with Crippen LogP contribution in [-0.4, -0.2) is 0 Å². The Kier molecular flexibility index (Phi) is 15.9. The summed E-state index contributed by atoms with van der Waals surface area (Å²) in [5, 5.41) is 4.66. The molecule has 0 fully saturated rings. The molecule has 20 aromatic rings. The van der Waals surface area contributed by atoms with E-state index in [1.807, 2.05) is 11.3 Å². The van der Waals surface area contributed by atoms with Crippen molar-refractivity contribution in [2.75, 3.05) is 9.80 Å². The Hall–Kier alpha value is -14.4. The lowest BCUT2D eigenvalue weighted by molar-refractivity contribution is 0.670. The van der Waals surface area contributed by atoms with Gasteiger partial charge in [-0.2, -0.15) is 0 Å². The highest BCUT2D eigenvalue weighted by atomic mass is 32.1. The molecule has 2 heterocycles. The molecular formula is C110H72N2OS. The first-order chi connectivity index (χ1) is 56.5. The van der Waals surface area contributed by atoms with Crippen LogP contribution in [0.25, 0.3) is 120 Å². The number of furan rings is 1. The highest BCUT2D eigenvalue weighted by Gasteiger charge is 2.48. The summed E-state index contributed by atoms with van der Waals surface area (Å²) in [6, 6.07) is 162. The normalized spacial score (nSPS) is 13.7. The third-order valence-electron chi connectivity index (χ3n) is 24.1. The van der Waals surface area contributed by atoms with Crippen LogP contribution in [0.15, 0.2) is 441 Å². The summed E-state index contributed by atoms with van der Waals surface area (Å²) >= 11 is 1.85. The third-order valence-corrected chi connectivity index (χ3v) is 25.2. The van der Waals surface area contributed by atoms with E-state index < -0.39 is 10.8 Å². The van der Waals surface area contributed by atoms with Gasteiger partial charge in [-0.25, -0.2) is 0 Å². The standard InChI is InChI=1S/C110H72N2OS/c1-6-28-73(29-7-1)75-52-58-84(59-53-75)111(86-62-64-93-91-42-16-21-47-99(91)109(101(93)71-86,80-33-10-3-11-34-80)81-35-12-4-13-36-81)103-49-23-18-40-88(103)78-56-66-105-97(69-78)96-46-27-45-90(108(96)113-105)77-32-26-39-83(68-77)110(82-37-14-5-15-38-82)100-48-22-17-43-92(100)94-65-63-87(72-102(94)110)112(85-60-54-76(55-61-85)74-30-8-2-9-31-74)104-50-24-19-41-89(104)79-57-67-107-98(70-79)95-44-20-25-51-106(95)114-107/h1-72H.